The third kappa shape index (κ3) is 3.67. The molecule has 1 aliphatic heterocycles. The first kappa shape index (κ1) is 8.93. The van der Waals surface area contributed by atoms with Gasteiger partial charge in [-0.25, -0.2) is 5.90 Å². The molecule has 11 heavy (non-hydrogen) atoms. The Morgan fingerprint density at radius 3 is 2.64 bits per heavy atom. The van der Waals surface area contributed by atoms with Gasteiger partial charge in [-0.2, -0.15) is 0 Å². The summed E-state index contributed by atoms with van der Waals surface area (Å²) in [5, 5.41) is 0. The molecule has 0 saturated carbocycles. The second-order valence-electron chi connectivity index (χ2n) is 2.55. The molecule has 0 aromatic carbocycles. The lowest BCUT2D eigenvalue weighted by molar-refractivity contribution is -0.0496. The molecule has 4 nitrogen and oxygen atoms in total. The van der Waals surface area contributed by atoms with E-state index < -0.39 is 0 Å². The quantitative estimate of drug-likeness (QED) is 0.468. The standard InChI is InChI=1S/C7H15NO3/c8-11-6-5-10-7-1-3-9-4-2-7/h7H,1-6,8H2. The zero-order valence-corrected chi connectivity index (χ0v) is 6.62. The second-order valence-corrected chi connectivity index (χ2v) is 2.55. The zero-order valence-electron chi connectivity index (χ0n) is 6.62. The molecule has 66 valence electrons. The molecule has 0 unspecified atom stereocenters. The molecule has 0 aromatic rings. The minimum atomic E-state index is 0.346. The van der Waals surface area contributed by atoms with E-state index in [4.69, 9.17) is 15.4 Å². The van der Waals surface area contributed by atoms with Crippen LogP contribution in [0.15, 0.2) is 0 Å². The lowest BCUT2D eigenvalue weighted by atomic mass is 10.2. The number of hydrogen-bond acceptors (Lipinski definition) is 4. The molecule has 4 heteroatoms. The normalized spacial score (nSPS) is 20.5. The summed E-state index contributed by atoms with van der Waals surface area (Å²) < 4.78 is 10.6. The third-order valence-corrected chi connectivity index (χ3v) is 1.72. The maximum absolute atomic E-state index is 5.44. The van der Waals surface area contributed by atoms with Crippen LogP contribution in [-0.4, -0.2) is 32.5 Å². The van der Waals surface area contributed by atoms with Gasteiger partial charge in [0.05, 0.1) is 19.3 Å². The average molecular weight is 161 g/mol. The lowest BCUT2D eigenvalue weighted by Crippen LogP contribution is -2.25. The Labute approximate surface area is 66.6 Å². The molecule has 0 spiro atoms. The van der Waals surface area contributed by atoms with E-state index in [1.807, 2.05) is 0 Å². The summed E-state index contributed by atoms with van der Waals surface area (Å²) in [6.45, 7) is 2.68. The van der Waals surface area contributed by atoms with Crippen molar-refractivity contribution >= 4 is 0 Å². The lowest BCUT2D eigenvalue weighted by Gasteiger charge is -2.21. The van der Waals surface area contributed by atoms with Crippen LogP contribution >= 0.6 is 0 Å². The summed E-state index contributed by atoms with van der Waals surface area (Å²) in [7, 11) is 0. The predicted molar refractivity (Wildman–Crippen MR) is 39.9 cm³/mol. The molecule has 1 heterocycles. The second kappa shape index (κ2) is 5.49. The average Bonchev–Trinajstić information content (AvgIpc) is 2.07. The van der Waals surface area contributed by atoms with E-state index in [1.165, 1.54) is 0 Å². The molecule has 0 atom stereocenters. The summed E-state index contributed by atoms with van der Waals surface area (Å²) in [5.74, 6) is 4.84. The highest BCUT2D eigenvalue weighted by Crippen LogP contribution is 2.09. The Morgan fingerprint density at radius 1 is 1.27 bits per heavy atom. The summed E-state index contributed by atoms with van der Waals surface area (Å²) >= 11 is 0. The monoisotopic (exact) mass is 161 g/mol. The van der Waals surface area contributed by atoms with Crippen molar-refractivity contribution in [3.63, 3.8) is 0 Å². The molecule has 0 aromatic heterocycles. The maximum Gasteiger partial charge on any atom is 0.0913 e. The van der Waals surface area contributed by atoms with Crippen LogP contribution in [0.2, 0.25) is 0 Å². The van der Waals surface area contributed by atoms with E-state index in [0.29, 0.717) is 19.3 Å². The molecular weight excluding hydrogens is 146 g/mol. The van der Waals surface area contributed by atoms with Crippen molar-refractivity contribution in [1.82, 2.24) is 0 Å². The van der Waals surface area contributed by atoms with Gasteiger partial charge in [0.2, 0.25) is 0 Å². The van der Waals surface area contributed by atoms with Crippen LogP contribution in [0.1, 0.15) is 12.8 Å². The fourth-order valence-corrected chi connectivity index (χ4v) is 1.11. The van der Waals surface area contributed by atoms with E-state index in [-0.39, 0.29) is 0 Å². The summed E-state index contributed by atoms with van der Waals surface area (Å²) in [5.41, 5.74) is 0. The van der Waals surface area contributed by atoms with Gasteiger partial charge in [0.1, 0.15) is 0 Å². The van der Waals surface area contributed by atoms with Crippen molar-refractivity contribution in [2.75, 3.05) is 26.4 Å². The smallest absolute Gasteiger partial charge is 0.0913 e. The van der Waals surface area contributed by atoms with Crippen LogP contribution in [0.3, 0.4) is 0 Å². The summed E-state index contributed by atoms with van der Waals surface area (Å²) in [6.07, 6.45) is 2.33. The van der Waals surface area contributed by atoms with Crippen molar-refractivity contribution in [3.8, 4) is 0 Å². The Bertz CT molecular complexity index is 93.7. The Morgan fingerprint density at radius 2 is 2.00 bits per heavy atom. The molecule has 1 aliphatic rings. The van der Waals surface area contributed by atoms with Gasteiger partial charge in [-0.1, -0.05) is 0 Å². The molecule has 0 aliphatic carbocycles. The van der Waals surface area contributed by atoms with Crippen LogP contribution in [0.4, 0.5) is 0 Å². The topological polar surface area (TPSA) is 53.7 Å². The summed E-state index contributed by atoms with van der Waals surface area (Å²) in [6, 6.07) is 0. The number of nitrogens with two attached hydrogens (primary N) is 1. The Kier molecular flexibility index (Phi) is 4.45. The first-order chi connectivity index (χ1) is 5.43. The highest BCUT2D eigenvalue weighted by Gasteiger charge is 2.13. The van der Waals surface area contributed by atoms with Crippen molar-refractivity contribution in [3.05, 3.63) is 0 Å². The van der Waals surface area contributed by atoms with E-state index in [0.717, 1.165) is 26.1 Å². The van der Waals surface area contributed by atoms with Crippen LogP contribution in [0, 0.1) is 0 Å². The molecule has 1 rings (SSSR count). The van der Waals surface area contributed by atoms with Gasteiger partial charge in [0.25, 0.3) is 0 Å². The molecule has 1 fully saturated rings. The fourth-order valence-electron chi connectivity index (χ4n) is 1.11. The van der Waals surface area contributed by atoms with Crippen LogP contribution in [-0.2, 0) is 14.3 Å². The molecule has 0 amide bonds. The van der Waals surface area contributed by atoms with E-state index in [1.54, 1.807) is 0 Å². The van der Waals surface area contributed by atoms with Gasteiger partial charge in [-0.15, -0.1) is 0 Å². The van der Waals surface area contributed by atoms with Crippen LogP contribution in [0.25, 0.3) is 0 Å². The van der Waals surface area contributed by atoms with Gasteiger partial charge in [-0.05, 0) is 12.8 Å². The fraction of sp³-hybridized carbons (Fsp3) is 1.00. The predicted octanol–water partition coefficient (Wildman–Crippen LogP) is 0.0723. The SMILES string of the molecule is NOCCOC1CCOCC1. The van der Waals surface area contributed by atoms with Gasteiger partial charge in [0, 0.05) is 13.2 Å². The van der Waals surface area contributed by atoms with Crippen LogP contribution < -0.4 is 5.90 Å². The highest BCUT2D eigenvalue weighted by molar-refractivity contribution is 4.61. The van der Waals surface area contributed by atoms with Gasteiger partial charge in [-0.3, -0.25) is 0 Å². The Hall–Kier alpha value is -0.160. The molecule has 2 N–H and O–H groups in total. The molecule has 1 saturated heterocycles. The van der Waals surface area contributed by atoms with Crippen molar-refractivity contribution in [2.45, 2.75) is 18.9 Å². The van der Waals surface area contributed by atoms with Gasteiger partial charge >= 0.3 is 0 Å². The molecule has 0 radical (unpaired) electrons. The number of ether oxygens (including phenoxy) is 2. The van der Waals surface area contributed by atoms with E-state index in [2.05, 4.69) is 4.84 Å². The largest absolute Gasteiger partial charge is 0.381 e. The first-order valence-corrected chi connectivity index (χ1v) is 3.94. The molecular formula is C7H15NO3. The first-order valence-electron chi connectivity index (χ1n) is 3.94. The summed E-state index contributed by atoms with van der Waals surface area (Å²) in [4.78, 5) is 4.38. The maximum atomic E-state index is 5.44. The Balaban J connectivity index is 1.96. The third-order valence-electron chi connectivity index (χ3n) is 1.72. The van der Waals surface area contributed by atoms with Crippen molar-refractivity contribution < 1.29 is 14.3 Å². The van der Waals surface area contributed by atoms with Crippen molar-refractivity contribution in [1.29, 1.82) is 0 Å². The number of hydrogen-bond donors (Lipinski definition) is 1. The zero-order chi connectivity index (χ0) is 7.94. The van der Waals surface area contributed by atoms with E-state index >= 15 is 0 Å². The molecule has 0 bridgehead atoms. The number of rotatable bonds is 4. The van der Waals surface area contributed by atoms with Gasteiger partial charge in [0.15, 0.2) is 0 Å². The minimum absolute atomic E-state index is 0.346. The minimum Gasteiger partial charge on any atom is -0.381 e. The van der Waals surface area contributed by atoms with Gasteiger partial charge < -0.3 is 14.3 Å². The highest BCUT2D eigenvalue weighted by atomic mass is 16.6. The van der Waals surface area contributed by atoms with Crippen LogP contribution in [0.5, 0.6) is 0 Å². The van der Waals surface area contributed by atoms with Crippen molar-refractivity contribution in [2.24, 2.45) is 5.90 Å². The van der Waals surface area contributed by atoms with E-state index in [9.17, 15) is 0 Å².